The monoisotopic (exact) mass is 588 g/mol. The van der Waals surface area contributed by atoms with Crippen molar-refractivity contribution in [3.05, 3.63) is 53.7 Å². The number of aryl methyl sites for hydroxylation is 1. The molecule has 1 aromatic rings. The number of amidine groups is 1. The number of esters is 4. The van der Waals surface area contributed by atoms with Crippen LogP contribution in [0.2, 0.25) is 0 Å². The van der Waals surface area contributed by atoms with Crippen LogP contribution in [0, 0.1) is 6.92 Å². The van der Waals surface area contributed by atoms with Crippen molar-refractivity contribution in [1.82, 2.24) is 4.90 Å². The molecule has 1 aromatic carbocycles. The number of hydrogen-bond acceptors (Lipinski definition) is 12. The lowest BCUT2D eigenvalue weighted by Crippen LogP contribution is -2.61. The second kappa shape index (κ2) is 14.1. The van der Waals surface area contributed by atoms with Gasteiger partial charge in [0, 0.05) is 34.2 Å². The Labute approximate surface area is 241 Å². The first-order valence-electron chi connectivity index (χ1n) is 12.7. The van der Waals surface area contributed by atoms with Crippen LogP contribution in [0.25, 0.3) is 6.08 Å². The second-order valence-electron chi connectivity index (χ2n) is 9.22. The molecule has 1 saturated heterocycles. The molecule has 0 aliphatic carbocycles. The van der Waals surface area contributed by atoms with E-state index in [4.69, 9.17) is 23.7 Å². The molecule has 0 N–H and O–H groups in total. The maximum absolute atomic E-state index is 13.3. The van der Waals surface area contributed by atoms with Crippen LogP contribution in [-0.2, 0) is 47.7 Å². The third-order valence-electron chi connectivity index (χ3n) is 5.77. The van der Waals surface area contributed by atoms with Gasteiger partial charge in [0.2, 0.25) is 0 Å². The zero-order valence-corrected chi connectivity index (χ0v) is 24.2. The van der Waals surface area contributed by atoms with Crippen molar-refractivity contribution < 1.29 is 47.7 Å². The third-order valence-corrected chi connectivity index (χ3v) is 6.91. The topological polar surface area (TPSA) is 147 Å². The number of nitrogens with zero attached hydrogens (tertiary/aromatic N) is 2. The van der Waals surface area contributed by atoms with E-state index in [1.165, 1.54) is 17.9 Å². The Morgan fingerprint density at radius 2 is 1.54 bits per heavy atom. The van der Waals surface area contributed by atoms with Crippen molar-refractivity contribution in [2.24, 2.45) is 4.99 Å². The third kappa shape index (κ3) is 8.51. The van der Waals surface area contributed by atoms with Crippen molar-refractivity contribution in [1.29, 1.82) is 0 Å². The normalized spacial score (nSPS) is 24.9. The van der Waals surface area contributed by atoms with Gasteiger partial charge in [0.25, 0.3) is 5.91 Å². The number of aliphatic imine (C=N–C) groups is 1. The molecule has 1 amide bonds. The van der Waals surface area contributed by atoms with Crippen molar-refractivity contribution >= 4 is 52.8 Å². The molecule has 41 heavy (non-hydrogen) atoms. The van der Waals surface area contributed by atoms with E-state index in [-0.39, 0.29) is 24.0 Å². The number of carbonyl (C=O) groups excluding carboxylic acids is 5. The summed E-state index contributed by atoms with van der Waals surface area (Å²) >= 11 is 0.931. The molecule has 1 fully saturated rings. The van der Waals surface area contributed by atoms with Crippen LogP contribution >= 0.6 is 11.8 Å². The van der Waals surface area contributed by atoms with Crippen molar-refractivity contribution in [2.75, 3.05) is 13.2 Å². The molecule has 5 atom stereocenters. The number of benzene rings is 1. The summed E-state index contributed by atoms with van der Waals surface area (Å²) in [5, 5.41) is 0.203. The molecule has 13 heteroatoms. The fourth-order valence-electron chi connectivity index (χ4n) is 4.12. The van der Waals surface area contributed by atoms with E-state index in [0.717, 1.165) is 43.7 Å². The molecular formula is C28H32N2O10S. The Bertz CT molecular complexity index is 1260. The van der Waals surface area contributed by atoms with Crippen LogP contribution in [-0.4, -0.2) is 82.9 Å². The zero-order chi connectivity index (χ0) is 30.3. The predicted molar refractivity (Wildman–Crippen MR) is 148 cm³/mol. The Hall–Kier alpha value is -3.97. The van der Waals surface area contributed by atoms with E-state index >= 15 is 0 Å². The summed E-state index contributed by atoms with van der Waals surface area (Å²) in [7, 11) is 0. The minimum Gasteiger partial charge on any atom is -0.463 e. The van der Waals surface area contributed by atoms with Crippen molar-refractivity contribution in [3.63, 3.8) is 0 Å². The number of amides is 1. The molecule has 0 spiro atoms. The highest BCUT2D eigenvalue weighted by Crippen LogP contribution is 2.37. The van der Waals surface area contributed by atoms with Gasteiger partial charge in [-0.2, -0.15) is 0 Å². The van der Waals surface area contributed by atoms with E-state index in [0.29, 0.717) is 0 Å². The summed E-state index contributed by atoms with van der Waals surface area (Å²) in [4.78, 5) is 66.9. The van der Waals surface area contributed by atoms with Gasteiger partial charge in [-0.3, -0.25) is 28.9 Å². The number of rotatable bonds is 9. The predicted octanol–water partition coefficient (Wildman–Crippen LogP) is 2.54. The molecule has 0 bridgehead atoms. The van der Waals surface area contributed by atoms with Crippen molar-refractivity contribution in [3.8, 4) is 0 Å². The highest BCUT2D eigenvalue weighted by molar-refractivity contribution is 8.14. The summed E-state index contributed by atoms with van der Waals surface area (Å²) in [5.74, 6) is -3.22. The van der Waals surface area contributed by atoms with E-state index in [9.17, 15) is 24.0 Å². The van der Waals surface area contributed by atoms with E-state index in [2.05, 4.69) is 11.6 Å². The van der Waals surface area contributed by atoms with Crippen LogP contribution in [0.3, 0.4) is 0 Å². The van der Waals surface area contributed by atoms with E-state index < -0.39 is 59.6 Å². The van der Waals surface area contributed by atoms with Crippen LogP contribution < -0.4 is 0 Å². The zero-order valence-electron chi connectivity index (χ0n) is 23.4. The van der Waals surface area contributed by atoms with Gasteiger partial charge in [-0.25, -0.2) is 4.99 Å². The van der Waals surface area contributed by atoms with Gasteiger partial charge >= 0.3 is 23.9 Å². The highest BCUT2D eigenvalue weighted by atomic mass is 32.2. The average molecular weight is 589 g/mol. The molecule has 0 saturated carbocycles. The fraction of sp³-hybridized carbons (Fsp3) is 0.429. The Morgan fingerprint density at radius 3 is 2.10 bits per heavy atom. The Morgan fingerprint density at radius 1 is 0.951 bits per heavy atom. The summed E-state index contributed by atoms with van der Waals surface area (Å²) in [5.41, 5.74) is 0.846. The van der Waals surface area contributed by atoms with Crippen molar-refractivity contribution in [2.45, 2.75) is 64.5 Å². The molecule has 2 aliphatic rings. The quantitative estimate of drug-likeness (QED) is 0.181. The average Bonchev–Trinajstić information content (AvgIpc) is 3.16. The number of ether oxygens (including phenoxy) is 5. The van der Waals surface area contributed by atoms with E-state index in [1.54, 1.807) is 6.08 Å². The number of hydrogen-bond donors (Lipinski definition) is 0. The summed E-state index contributed by atoms with van der Waals surface area (Å²) in [6.07, 6.45) is -1.88. The largest absolute Gasteiger partial charge is 0.463 e. The van der Waals surface area contributed by atoms with Gasteiger partial charge in [0.1, 0.15) is 18.4 Å². The molecular weight excluding hydrogens is 556 g/mol. The molecule has 0 aromatic heterocycles. The molecule has 220 valence electrons. The SMILES string of the molecule is C=CCN1C(=O)/C(=C/c2ccc(C)cc2)N=C1S[C@@H]1O[C@H](COC(C)=O)[C@H](OC(C)=O)[C@H](OC(C)=O)[C@H]1OC(C)=O. The standard InChI is InChI=1S/C28H32N2O10S/c1-7-12-30-26(35)21(13-20-10-8-15(2)9-11-20)29-28(30)41-27-25(39-19(6)34)24(38-18(5)33)23(37-17(4)32)22(40-27)14-36-16(3)31/h7-11,13,22-25,27H,1,12,14H2,2-6H3/b21-13-/t22-,23+,24+,25-,27+/m1/s1. The number of carbonyl (C=O) groups is 5. The first-order chi connectivity index (χ1) is 19.4. The lowest BCUT2D eigenvalue weighted by Gasteiger charge is -2.44. The smallest absolute Gasteiger partial charge is 0.303 e. The first kappa shape index (κ1) is 31.6. The van der Waals surface area contributed by atoms with Crippen LogP contribution in [0.1, 0.15) is 38.8 Å². The first-order valence-corrected chi connectivity index (χ1v) is 13.5. The van der Waals surface area contributed by atoms with Gasteiger partial charge in [-0.1, -0.05) is 47.7 Å². The number of thioether (sulfide) groups is 1. The summed E-state index contributed by atoms with van der Waals surface area (Å²) < 4.78 is 27.7. The lowest BCUT2D eigenvalue weighted by atomic mass is 9.99. The molecule has 3 rings (SSSR count). The Balaban J connectivity index is 2.04. The lowest BCUT2D eigenvalue weighted by molar-refractivity contribution is -0.237. The summed E-state index contributed by atoms with van der Waals surface area (Å²) in [6.45, 7) is 10.0. The molecule has 0 unspecified atom stereocenters. The van der Waals surface area contributed by atoms with Crippen LogP contribution in [0.15, 0.2) is 47.6 Å². The highest BCUT2D eigenvalue weighted by Gasteiger charge is 2.53. The maximum atomic E-state index is 13.3. The maximum Gasteiger partial charge on any atom is 0.303 e. The molecule has 2 aliphatic heterocycles. The van der Waals surface area contributed by atoms with Crippen LogP contribution in [0.5, 0.6) is 0 Å². The van der Waals surface area contributed by atoms with Gasteiger partial charge in [-0.05, 0) is 18.6 Å². The molecule has 12 nitrogen and oxygen atoms in total. The van der Waals surface area contributed by atoms with Gasteiger partial charge in [0.05, 0.1) is 0 Å². The minimum atomic E-state index is -1.33. The van der Waals surface area contributed by atoms with Crippen LogP contribution in [0.4, 0.5) is 0 Å². The van der Waals surface area contributed by atoms with Gasteiger partial charge < -0.3 is 23.7 Å². The fourth-order valence-corrected chi connectivity index (χ4v) is 5.30. The van der Waals surface area contributed by atoms with E-state index in [1.807, 2.05) is 31.2 Å². The van der Waals surface area contributed by atoms with Gasteiger partial charge in [0.15, 0.2) is 28.9 Å². The second-order valence-corrected chi connectivity index (χ2v) is 10.3. The molecule has 0 radical (unpaired) electrons. The minimum absolute atomic E-state index is 0.112. The summed E-state index contributed by atoms with van der Waals surface area (Å²) in [6, 6.07) is 7.52. The Kier molecular flexibility index (Phi) is 10.8. The molecule has 2 heterocycles. The van der Waals surface area contributed by atoms with Gasteiger partial charge in [-0.15, -0.1) is 6.58 Å².